The van der Waals surface area contributed by atoms with Crippen LogP contribution in [0.15, 0.2) is 103 Å². The zero-order chi connectivity index (χ0) is 35.9. The number of nitrogens with one attached hydrogen (secondary N) is 3. The molecule has 0 saturated carbocycles. The summed E-state index contributed by atoms with van der Waals surface area (Å²) in [6, 6.07) is 28.1. The van der Waals surface area contributed by atoms with Crippen molar-refractivity contribution in [3.63, 3.8) is 0 Å². The van der Waals surface area contributed by atoms with E-state index >= 15 is 0 Å². The predicted octanol–water partition coefficient (Wildman–Crippen LogP) is 4.10. The molecule has 0 fully saturated rings. The number of nitrogens with zero attached hydrogens (tertiary/aromatic N) is 2. The monoisotopic (exact) mass is 679 g/mol. The van der Waals surface area contributed by atoms with Crippen molar-refractivity contribution in [3.8, 4) is 11.3 Å². The summed E-state index contributed by atoms with van der Waals surface area (Å²) in [6.45, 7) is 5.18. The maximum absolute atomic E-state index is 14.2. The van der Waals surface area contributed by atoms with Crippen LogP contribution in [0.2, 0.25) is 0 Å². The van der Waals surface area contributed by atoms with E-state index in [1.807, 2.05) is 97.1 Å². The van der Waals surface area contributed by atoms with Gasteiger partial charge in [-0.3, -0.25) is 20.0 Å². The molecule has 50 heavy (non-hydrogen) atoms. The normalized spacial score (nSPS) is 17.3. The van der Waals surface area contributed by atoms with Crippen LogP contribution in [0, 0.1) is 5.41 Å². The number of aliphatic hydroxyl groups excluding tert-OH is 1. The molecule has 11 nitrogen and oxygen atoms in total. The standard InChI is InChI=1S/C39H45N5O6/c1-38(2,3)34(42-37(48)50-4)35(46)43-44(24-27-17-19-28(20-18-27)31-16-10-11-21-40-31)25-39(49,23-26-12-6-5-7-13-26)36(47)41-33-30-15-9-8-14-29(30)22-32(33)45/h5-21,32-34,45,49H,22-25H2,1-4H3,(H,41,47)(H,42,48)(H,43,46)/t32-,33+,34-,39-/m1/s1. The predicted molar refractivity (Wildman–Crippen MR) is 189 cm³/mol. The second kappa shape index (κ2) is 15.6. The number of fused-ring (bicyclic) bond motifs is 1. The molecular weight excluding hydrogens is 634 g/mol. The van der Waals surface area contributed by atoms with E-state index in [-0.39, 0.29) is 19.5 Å². The van der Waals surface area contributed by atoms with Crippen molar-refractivity contribution >= 4 is 17.9 Å². The van der Waals surface area contributed by atoms with Crippen molar-refractivity contribution < 1.29 is 29.3 Å². The number of rotatable bonds is 12. The van der Waals surface area contributed by atoms with E-state index in [4.69, 9.17) is 4.74 Å². The minimum atomic E-state index is -2.08. The van der Waals surface area contributed by atoms with Crippen LogP contribution in [-0.2, 0) is 33.7 Å². The summed E-state index contributed by atoms with van der Waals surface area (Å²) in [5.74, 6) is -1.26. The number of methoxy groups -OCH3 is 1. The minimum Gasteiger partial charge on any atom is -0.453 e. The van der Waals surface area contributed by atoms with E-state index in [0.717, 1.165) is 27.9 Å². The summed E-state index contributed by atoms with van der Waals surface area (Å²) in [5, 5.41) is 30.3. The number of carbonyl (C=O) groups excluding carboxylic acids is 3. The molecule has 11 heteroatoms. The molecule has 1 aliphatic rings. The van der Waals surface area contributed by atoms with Gasteiger partial charge in [-0.2, -0.15) is 0 Å². The van der Waals surface area contributed by atoms with Gasteiger partial charge in [0.1, 0.15) is 6.04 Å². The molecule has 4 aromatic rings. The second-order valence-electron chi connectivity index (χ2n) is 13.8. The molecule has 262 valence electrons. The molecule has 1 aliphatic carbocycles. The highest BCUT2D eigenvalue weighted by Crippen LogP contribution is 2.32. The number of hydrazine groups is 1. The van der Waals surface area contributed by atoms with Crippen LogP contribution < -0.4 is 16.1 Å². The van der Waals surface area contributed by atoms with Crippen LogP contribution >= 0.6 is 0 Å². The third-order valence-electron chi connectivity index (χ3n) is 8.84. The van der Waals surface area contributed by atoms with Crippen molar-refractivity contribution in [3.05, 3.63) is 126 Å². The summed E-state index contributed by atoms with van der Waals surface area (Å²) < 4.78 is 4.79. The Morgan fingerprint density at radius 2 is 1.60 bits per heavy atom. The van der Waals surface area contributed by atoms with Crippen molar-refractivity contribution in [1.29, 1.82) is 0 Å². The lowest BCUT2D eigenvalue weighted by Crippen LogP contribution is -2.62. The van der Waals surface area contributed by atoms with Crippen LogP contribution in [0.3, 0.4) is 0 Å². The summed E-state index contributed by atoms with van der Waals surface area (Å²) in [7, 11) is 1.22. The number of alkyl carbamates (subject to hydrolysis) is 1. The molecule has 0 unspecified atom stereocenters. The maximum atomic E-state index is 14.2. The number of hydrogen-bond acceptors (Lipinski definition) is 8. The van der Waals surface area contributed by atoms with E-state index in [1.165, 1.54) is 12.1 Å². The Balaban J connectivity index is 1.48. The number of carbonyl (C=O) groups is 3. The van der Waals surface area contributed by atoms with Crippen LogP contribution in [0.4, 0.5) is 4.79 Å². The van der Waals surface area contributed by atoms with Gasteiger partial charge in [0.05, 0.1) is 31.5 Å². The number of pyridine rings is 1. The number of benzene rings is 3. The molecule has 3 aromatic carbocycles. The first-order valence-electron chi connectivity index (χ1n) is 16.6. The van der Waals surface area contributed by atoms with Crippen molar-refractivity contribution in [1.82, 2.24) is 26.1 Å². The summed E-state index contributed by atoms with van der Waals surface area (Å²) in [5.41, 5.74) is 4.97. The van der Waals surface area contributed by atoms with Gasteiger partial charge in [-0.25, -0.2) is 9.80 Å². The van der Waals surface area contributed by atoms with E-state index in [2.05, 4.69) is 21.0 Å². The molecule has 0 aliphatic heterocycles. The molecule has 1 heterocycles. The fourth-order valence-electron chi connectivity index (χ4n) is 6.22. The second-order valence-corrected chi connectivity index (χ2v) is 13.8. The number of ether oxygens (including phenoxy) is 1. The Labute approximate surface area is 292 Å². The lowest BCUT2D eigenvalue weighted by Gasteiger charge is -2.37. The highest BCUT2D eigenvalue weighted by molar-refractivity contribution is 5.87. The van der Waals surface area contributed by atoms with Crippen molar-refractivity contribution in [2.75, 3.05) is 13.7 Å². The molecule has 5 rings (SSSR count). The Bertz CT molecular complexity index is 1760. The van der Waals surface area contributed by atoms with Gasteiger partial charge < -0.3 is 25.6 Å². The fraction of sp³-hybridized carbons (Fsp3) is 0.333. The maximum Gasteiger partial charge on any atom is 0.407 e. The molecule has 5 N–H and O–H groups in total. The average Bonchev–Trinajstić information content (AvgIpc) is 3.41. The topological polar surface area (TPSA) is 153 Å². The number of aromatic nitrogens is 1. The molecular formula is C39H45N5O6. The molecule has 0 radical (unpaired) electrons. The quantitative estimate of drug-likeness (QED) is 0.140. The third kappa shape index (κ3) is 8.92. The van der Waals surface area contributed by atoms with Gasteiger partial charge in [-0.1, -0.05) is 106 Å². The summed E-state index contributed by atoms with van der Waals surface area (Å²) in [6.07, 6.45) is 0.361. The number of amides is 3. The van der Waals surface area contributed by atoms with Gasteiger partial charge in [0.25, 0.3) is 11.8 Å². The molecule has 0 spiro atoms. The van der Waals surface area contributed by atoms with Gasteiger partial charge in [-0.05, 0) is 39.8 Å². The lowest BCUT2D eigenvalue weighted by molar-refractivity contribution is -0.147. The Hall–Kier alpha value is -5.10. The van der Waals surface area contributed by atoms with E-state index in [9.17, 15) is 24.6 Å². The van der Waals surface area contributed by atoms with E-state index in [1.54, 1.807) is 27.0 Å². The fourth-order valence-corrected chi connectivity index (χ4v) is 6.22. The first kappa shape index (κ1) is 36.2. The van der Waals surface area contributed by atoms with Gasteiger partial charge in [0.2, 0.25) is 0 Å². The highest BCUT2D eigenvalue weighted by Gasteiger charge is 2.43. The zero-order valence-electron chi connectivity index (χ0n) is 28.8. The summed E-state index contributed by atoms with van der Waals surface area (Å²) >= 11 is 0. The molecule has 0 saturated heterocycles. The minimum absolute atomic E-state index is 0.0851. The third-order valence-corrected chi connectivity index (χ3v) is 8.84. The molecule has 1 aromatic heterocycles. The van der Waals surface area contributed by atoms with E-state index in [0.29, 0.717) is 12.0 Å². The molecule has 4 atom stereocenters. The number of hydrogen-bond donors (Lipinski definition) is 5. The van der Waals surface area contributed by atoms with Crippen molar-refractivity contribution in [2.45, 2.75) is 63.9 Å². The van der Waals surface area contributed by atoms with Crippen molar-refractivity contribution in [2.24, 2.45) is 5.41 Å². The van der Waals surface area contributed by atoms with Gasteiger partial charge in [0, 0.05) is 31.1 Å². The van der Waals surface area contributed by atoms with Gasteiger partial charge >= 0.3 is 6.09 Å². The van der Waals surface area contributed by atoms with Gasteiger partial charge in [-0.15, -0.1) is 0 Å². The Morgan fingerprint density at radius 1 is 0.920 bits per heavy atom. The Morgan fingerprint density at radius 3 is 2.26 bits per heavy atom. The number of aliphatic hydroxyl groups is 2. The van der Waals surface area contributed by atoms with Crippen LogP contribution in [0.1, 0.15) is 49.1 Å². The molecule has 3 amide bonds. The van der Waals surface area contributed by atoms with Crippen LogP contribution in [0.25, 0.3) is 11.3 Å². The largest absolute Gasteiger partial charge is 0.453 e. The highest BCUT2D eigenvalue weighted by atomic mass is 16.5. The van der Waals surface area contributed by atoms with Crippen LogP contribution in [0.5, 0.6) is 0 Å². The average molecular weight is 680 g/mol. The van der Waals surface area contributed by atoms with Gasteiger partial charge in [0.15, 0.2) is 5.60 Å². The van der Waals surface area contributed by atoms with Crippen LogP contribution in [-0.4, -0.2) is 69.5 Å². The lowest BCUT2D eigenvalue weighted by atomic mass is 9.86. The Kier molecular flexibility index (Phi) is 11.3. The molecule has 0 bridgehead atoms. The SMILES string of the molecule is COC(=O)N[C@H](C(=O)NN(Cc1ccc(-c2ccccn2)cc1)C[C@](O)(Cc1ccccc1)C(=O)N[C@H]1c2ccccc2C[C@H]1O)C(C)(C)C. The summed E-state index contributed by atoms with van der Waals surface area (Å²) in [4.78, 5) is 44.8. The zero-order valence-corrected chi connectivity index (χ0v) is 28.8. The first-order chi connectivity index (χ1) is 23.9. The smallest absolute Gasteiger partial charge is 0.407 e. The first-order valence-corrected chi connectivity index (χ1v) is 16.6. The van der Waals surface area contributed by atoms with E-state index < -0.39 is 47.1 Å².